The fraction of sp³-hybridized carbons (Fsp3) is 0.688. The van der Waals surface area contributed by atoms with Crippen LogP contribution in [0.3, 0.4) is 0 Å². The predicted molar refractivity (Wildman–Crippen MR) is 79.8 cm³/mol. The Bertz CT molecular complexity index is 358. The van der Waals surface area contributed by atoms with Gasteiger partial charge in [-0.3, -0.25) is 9.88 Å². The molecule has 106 valence electrons. The first kappa shape index (κ1) is 14.5. The molecular formula is C16H27N3. The summed E-state index contributed by atoms with van der Waals surface area (Å²) in [6.45, 7) is 6.19. The molecule has 0 saturated heterocycles. The van der Waals surface area contributed by atoms with Gasteiger partial charge in [-0.15, -0.1) is 0 Å². The van der Waals surface area contributed by atoms with Crippen molar-refractivity contribution in [2.24, 2.45) is 11.1 Å². The monoisotopic (exact) mass is 261 g/mol. The molecule has 0 amide bonds. The van der Waals surface area contributed by atoms with E-state index in [1.165, 1.54) is 32.1 Å². The molecule has 1 aromatic rings. The van der Waals surface area contributed by atoms with Crippen LogP contribution >= 0.6 is 0 Å². The Kier molecular flexibility index (Phi) is 5.34. The molecule has 0 radical (unpaired) electrons. The maximum absolute atomic E-state index is 6.09. The molecule has 0 spiro atoms. The summed E-state index contributed by atoms with van der Waals surface area (Å²) in [6, 6.07) is 6.15. The zero-order chi connectivity index (χ0) is 13.6. The van der Waals surface area contributed by atoms with Crippen molar-refractivity contribution in [3.8, 4) is 0 Å². The van der Waals surface area contributed by atoms with Crippen molar-refractivity contribution in [3.63, 3.8) is 0 Å². The van der Waals surface area contributed by atoms with Crippen molar-refractivity contribution < 1.29 is 0 Å². The third kappa shape index (κ3) is 4.02. The maximum atomic E-state index is 6.09. The molecule has 2 N–H and O–H groups in total. The Labute approximate surface area is 117 Å². The summed E-state index contributed by atoms with van der Waals surface area (Å²) in [4.78, 5) is 6.94. The first-order valence-electron chi connectivity index (χ1n) is 7.60. The lowest BCUT2D eigenvalue weighted by Crippen LogP contribution is -2.43. The van der Waals surface area contributed by atoms with Gasteiger partial charge in [-0.1, -0.05) is 32.3 Å². The van der Waals surface area contributed by atoms with Gasteiger partial charge in [0.2, 0.25) is 0 Å². The Balaban J connectivity index is 1.97. The lowest BCUT2D eigenvalue weighted by Gasteiger charge is -2.40. The average Bonchev–Trinajstić information content (AvgIpc) is 2.48. The molecule has 1 aromatic heterocycles. The summed E-state index contributed by atoms with van der Waals surface area (Å²) in [5.41, 5.74) is 7.60. The number of nitrogens with zero attached hydrogens (tertiary/aromatic N) is 2. The van der Waals surface area contributed by atoms with E-state index in [4.69, 9.17) is 5.73 Å². The van der Waals surface area contributed by atoms with Gasteiger partial charge in [-0.2, -0.15) is 0 Å². The Morgan fingerprint density at radius 3 is 2.63 bits per heavy atom. The third-order valence-corrected chi connectivity index (χ3v) is 4.47. The second-order valence-corrected chi connectivity index (χ2v) is 5.89. The normalized spacial score (nSPS) is 18.7. The van der Waals surface area contributed by atoms with Crippen molar-refractivity contribution in [3.05, 3.63) is 30.1 Å². The highest BCUT2D eigenvalue weighted by Gasteiger charge is 2.32. The highest BCUT2D eigenvalue weighted by molar-refractivity contribution is 5.03. The van der Waals surface area contributed by atoms with Gasteiger partial charge in [0, 0.05) is 19.3 Å². The number of nitrogens with two attached hydrogens (primary N) is 1. The molecule has 0 bridgehead atoms. The van der Waals surface area contributed by atoms with Gasteiger partial charge in [0.15, 0.2) is 0 Å². The van der Waals surface area contributed by atoms with Gasteiger partial charge in [-0.05, 0) is 43.5 Å². The van der Waals surface area contributed by atoms with Gasteiger partial charge < -0.3 is 5.73 Å². The first-order valence-corrected chi connectivity index (χ1v) is 7.60. The third-order valence-electron chi connectivity index (χ3n) is 4.47. The Morgan fingerprint density at radius 2 is 2.05 bits per heavy atom. The van der Waals surface area contributed by atoms with Crippen molar-refractivity contribution >= 4 is 0 Å². The smallest absolute Gasteiger partial charge is 0.0543 e. The molecule has 1 aliphatic rings. The molecule has 0 atom stereocenters. The Hall–Kier alpha value is -0.930. The van der Waals surface area contributed by atoms with E-state index < -0.39 is 0 Å². The van der Waals surface area contributed by atoms with Gasteiger partial charge >= 0.3 is 0 Å². The minimum Gasteiger partial charge on any atom is -0.330 e. The molecular weight excluding hydrogens is 234 g/mol. The fourth-order valence-electron chi connectivity index (χ4n) is 3.20. The Morgan fingerprint density at radius 1 is 1.26 bits per heavy atom. The average molecular weight is 261 g/mol. The van der Waals surface area contributed by atoms with Crippen LogP contribution in [-0.4, -0.2) is 29.5 Å². The van der Waals surface area contributed by atoms with E-state index in [2.05, 4.69) is 28.9 Å². The van der Waals surface area contributed by atoms with Gasteiger partial charge in [0.25, 0.3) is 0 Å². The molecule has 0 unspecified atom stereocenters. The highest BCUT2D eigenvalue weighted by Crippen LogP contribution is 2.36. The molecule has 1 aliphatic carbocycles. The number of pyridine rings is 1. The second kappa shape index (κ2) is 7.01. The van der Waals surface area contributed by atoms with E-state index in [0.717, 1.165) is 31.9 Å². The first-order chi connectivity index (χ1) is 9.28. The standard InChI is InChI=1S/C16H27N3/c1-2-19(12-15-8-4-7-11-18-15)14-16(13-17)9-5-3-6-10-16/h4,7-8,11H,2-3,5-6,9-10,12-14,17H2,1H3. The second-order valence-electron chi connectivity index (χ2n) is 5.89. The molecule has 1 heterocycles. The quantitative estimate of drug-likeness (QED) is 0.856. The van der Waals surface area contributed by atoms with Gasteiger partial charge in [0.05, 0.1) is 5.69 Å². The van der Waals surface area contributed by atoms with Crippen LogP contribution in [0.15, 0.2) is 24.4 Å². The summed E-state index contributed by atoms with van der Waals surface area (Å²) in [7, 11) is 0. The molecule has 19 heavy (non-hydrogen) atoms. The number of hydrogen-bond acceptors (Lipinski definition) is 3. The van der Waals surface area contributed by atoms with Crippen LogP contribution in [0.5, 0.6) is 0 Å². The maximum Gasteiger partial charge on any atom is 0.0543 e. The van der Waals surface area contributed by atoms with Crippen LogP contribution in [0.25, 0.3) is 0 Å². The summed E-state index contributed by atoms with van der Waals surface area (Å²) in [6.07, 6.45) is 8.54. The zero-order valence-corrected chi connectivity index (χ0v) is 12.1. The minimum absolute atomic E-state index is 0.350. The van der Waals surface area contributed by atoms with Gasteiger partial charge in [-0.25, -0.2) is 0 Å². The summed E-state index contributed by atoms with van der Waals surface area (Å²) < 4.78 is 0. The molecule has 2 rings (SSSR count). The largest absolute Gasteiger partial charge is 0.330 e. The molecule has 0 aliphatic heterocycles. The van der Waals surface area contributed by atoms with Crippen LogP contribution in [0, 0.1) is 5.41 Å². The van der Waals surface area contributed by atoms with E-state index in [1.54, 1.807) is 0 Å². The lowest BCUT2D eigenvalue weighted by atomic mass is 9.73. The van der Waals surface area contributed by atoms with Crippen LogP contribution < -0.4 is 5.73 Å². The van der Waals surface area contributed by atoms with Crippen molar-refractivity contribution in [1.29, 1.82) is 0 Å². The predicted octanol–water partition coefficient (Wildman–Crippen LogP) is 2.81. The van der Waals surface area contributed by atoms with Crippen LogP contribution in [0.1, 0.15) is 44.7 Å². The topological polar surface area (TPSA) is 42.2 Å². The molecule has 3 heteroatoms. The van der Waals surface area contributed by atoms with Crippen molar-refractivity contribution in [1.82, 2.24) is 9.88 Å². The minimum atomic E-state index is 0.350. The summed E-state index contributed by atoms with van der Waals surface area (Å²) in [5, 5.41) is 0. The number of hydrogen-bond donors (Lipinski definition) is 1. The molecule has 1 fully saturated rings. The van der Waals surface area contributed by atoms with E-state index in [0.29, 0.717) is 5.41 Å². The molecule has 1 saturated carbocycles. The lowest BCUT2D eigenvalue weighted by molar-refractivity contribution is 0.109. The van der Waals surface area contributed by atoms with E-state index in [9.17, 15) is 0 Å². The SMILES string of the molecule is CCN(Cc1ccccn1)CC1(CN)CCCCC1. The van der Waals surface area contributed by atoms with Crippen molar-refractivity contribution in [2.75, 3.05) is 19.6 Å². The van der Waals surface area contributed by atoms with Crippen molar-refractivity contribution in [2.45, 2.75) is 45.6 Å². The van der Waals surface area contributed by atoms with Crippen LogP contribution in [0.4, 0.5) is 0 Å². The van der Waals surface area contributed by atoms with E-state index in [1.807, 2.05) is 12.3 Å². The summed E-state index contributed by atoms with van der Waals surface area (Å²) in [5.74, 6) is 0. The number of aromatic nitrogens is 1. The molecule has 0 aromatic carbocycles. The molecule has 3 nitrogen and oxygen atoms in total. The number of rotatable bonds is 6. The highest BCUT2D eigenvalue weighted by atomic mass is 15.1. The van der Waals surface area contributed by atoms with Crippen LogP contribution in [0.2, 0.25) is 0 Å². The summed E-state index contributed by atoms with van der Waals surface area (Å²) >= 11 is 0. The van der Waals surface area contributed by atoms with Crippen LogP contribution in [-0.2, 0) is 6.54 Å². The fourth-order valence-corrected chi connectivity index (χ4v) is 3.20. The van der Waals surface area contributed by atoms with E-state index >= 15 is 0 Å². The van der Waals surface area contributed by atoms with E-state index in [-0.39, 0.29) is 0 Å². The zero-order valence-electron chi connectivity index (χ0n) is 12.1. The van der Waals surface area contributed by atoms with Gasteiger partial charge in [0.1, 0.15) is 0 Å².